The highest BCUT2D eigenvalue weighted by atomic mass is 35.5. The van der Waals surface area contributed by atoms with Crippen LogP contribution in [0.5, 0.6) is 0 Å². The van der Waals surface area contributed by atoms with Crippen LogP contribution in [0.15, 0.2) is 24.4 Å². The molecule has 0 saturated carbocycles. The second-order valence-corrected chi connectivity index (χ2v) is 5.83. The van der Waals surface area contributed by atoms with Crippen molar-refractivity contribution in [2.45, 2.75) is 26.4 Å². The maximum absolute atomic E-state index is 13.3. The van der Waals surface area contributed by atoms with Crippen LogP contribution in [0.2, 0.25) is 5.02 Å². The second-order valence-electron chi connectivity index (χ2n) is 4.16. The molecule has 0 aliphatic heterocycles. The average Bonchev–Trinajstić information content (AvgIpc) is 2.77. The Balaban J connectivity index is 1.97. The lowest BCUT2D eigenvalue weighted by Gasteiger charge is -2.11. The first-order valence-corrected chi connectivity index (χ1v) is 6.85. The van der Waals surface area contributed by atoms with E-state index in [1.165, 1.54) is 10.9 Å². The molecule has 1 N–H and O–H groups in total. The lowest BCUT2D eigenvalue weighted by Crippen LogP contribution is -2.17. The number of nitrogens with one attached hydrogen (secondary N) is 1. The van der Waals surface area contributed by atoms with Gasteiger partial charge in [0.25, 0.3) is 0 Å². The summed E-state index contributed by atoms with van der Waals surface area (Å²) in [4.78, 5) is 5.51. The van der Waals surface area contributed by atoms with Gasteiger partial charge in [0, 0.05) is 17.6 Å². The van der Waals surface area contributed by atoms with E-state index in [-0.39, 0.29) is 16.9 Å². The summed E-state index contributed by atoms with van der Waals surface area (Å²) in [5.74, 6) is -0.381. The third-order valence-electron chi connectivity index (χ3n) is 2.61. The molecule has 0 aliphatic rings. The summed E-state index contributed by atoms with van der Waals surface area (Å²) in [7, 11) is 0. The highest BCUT2D eigenvalue weighted by Crippen LogP contribution is 2.20. The summed E-state index contributed by atoms with van der Waals surface area (Å²) in [5.41, 5.74) is 0.872. The van der Waals surface area contributed by atoms with Gasteiger partial charge in [-0.3, -0.25) is 0 Å². The number of hydrogen-bond donors (Lipinski definition) is 1. The van der Waals surface area contributed by atoms with Crippen LogP contribution in [0, 0.1) is 12.7 Å². The predicted molar refractivity (Wildman–Crippen MR) is 73.5 cm³/mol. The predicted octanol–water partition coefficient (Wildman–Crippen LogP) is 4.09. The number of halogens is 2. The van der Waals surface area contributed by atoms with Gasteiger partial charge < -0.3 is 5.32 Å². The number of aromatic nitrogens is 1. The van der Waals surface area contributed by atoms with E-state index in [4.69, 9.17) is 11.6 Å². The van der Waals surface area contributed by atoms with E-state index in [1.54, 1.807) is 17.4 Å². The highest BCUT2D eigenvalue weighted by molar-refractivity contribution is 7.11. The smallest absolute Gasteiger partial charge is 0.142 e. The fourth-order valence-electron chi connectivity index (χ4n) is 1.58. The molecule has 0 amide bonds. The summed E-state index contributed by atoms with van der Waals surface area (Å²) in [6, 6.07) is 5.00. The molecule has 1 unspecified atom stereocenters. The fourth-order valence-corrected chi connectivity index (χ4v) is 2.50. The Hall–Kier alpha value is -0.970. The molecule has 1 aromatic carbocycles. The van der Waals surface area contributed by atoms with E-state index in [1.807, 2.05) is 26.1 Å². The van der Waals surface area contributed by atoms with Gasteiger partial charge >= 0.3 is 0 Å². The summed E-state index contributed by atoms with van der Waals surface area (Å²) in [6.45, 7) is 4.67. The maximum atomic E-state index is 13.3. The lowest BCUT2D eigenvalue weighted by atomic mass is 10.2. The molecular formula is C13H14ClFN2S. The van der Waals surface area contributed by atoms with Crippen molar-refractivity contribution in [3.05, 3.63) is 50.7 Å². The van der Waals surface area contributed by atoms with Crippen LogP contribution in [0.4, 0.5) is 4.39 Å². The molecule has 5 heteroatoms. The van der Waals surface area contributed by atoms with Crippen LogP contribution in [0.3, 0.4) is 0 Å². The first-order chi connectivity index (χ1) is 8.56. The van der Waals surface area contributed by atoms with Gasteiger partial charge in [0.1, 0.15) is 10.8 Å². The Labute approximate surface area is 115 Å². The minimum absolute atomic E-state index is 0.155. The maximum Gasteiger partial charge on any atom is 0.142 e. The summed E-state index contributed by atoms with van der Waals surface area (Å²) >= 11 is 7.31. The molecule has 18 heavy (non-hydrogen) atoms. The number of nitrogens with zero attached hydrogens (tertiary/aromatic N) is 1. The van der Waals surface area contributed by atoms with Gasteiger partial charge in [-0.1, -0.05) is 17.7 Å². The monoisotopic (exact) mass is 284 g/mol. The SMILES string of the molecule is Cc1cnc(C(C)NCc2ccc(Cl)c(F)c2)s1. The largest absolute Gasteiger partial charge is 0.304 e. The number of benzene rings is 1. The Bertz CT molecular complexity index is 542. The lowest BCUT2D eigenvalue weighted by molar-refractivity contribution is 0.567. The van der Waals surface area contributed by atoms with Crippen LogP contribution in [-0.2, 0) is 6.54 Å². The zero-order valence-electron chi connectivity index (χ0n) is 10.2. The van der Waals surface area contributed by atoms with Crippen molar-refractivity contribution in [3.8, 4) is 0 Å². The van der Waals surface area contributed by atoms with Crippen LogP contribution in [0.25, 0.3) is 0 Å². The fraction of sp³-hybridized carbons (Fsp3) is 0.308. The molecule has 0 saturated heterocycles. The van der Waals surface area contributed by atoms with Crippen molar-refractivity contribution in [3.63, 3.8) is 0 Å². The van der Waals surface area contributed by atoms with Gasteiger partial charge in [-0.25, -0.2) is 9.37 Å². The first-order valence-electron chi connectivity index (χ1n) is 5.66. The number of rotatable bonds is 4. The Kier molecular flexibility index (Phi) is 4.32. The average molecular weight is 285 g/mol. The van der Waals surface area contributed by atoms with Gasteiger partial charge in [0.15, 0.2) is 0 Å². The molecule has 1 heterocycles. The van der Waals surface area contributed by atoms with Crippen LogP contribution >= 0.6 is 22.9 Å². The van der Waals surface area contributed by atoms with E-state index in [0.29, 0.717) is 6.54 Å². The third kappa shape index (κ3) is 3.28. The van der Waals surface area contributed by atoms with E-state index in [2.05, 4.69) is 10.3 Å². The zero-order chi connectivity index (χ0) is 13.1. The second kappa shape index (κ2) is 5.78. The topological polar surface area (TPSA) is 24.9 Å². The molecule has 0 spiro atoms. The van der Waals surface area contributed by atoms with Crippen molar-refractivity contribution >= 4 is 22.9 Å². The van der Waals surface area contributed by atoms with Gasteiger partial charge in [0.05, 0.1) is 11.1 Å². The third-order valence-corrected chi connectivity index (χ3v) is 4.01. The molecule has 2 nitrogen and oxygen atoms in total. The van der Waals surface area contributed by atoms with Crippen molar-refractivity contribution in [2.24, 2.45) is 0 Å². The van der Waals surface area contributed by atoms with Crippen molar-refractivity contribution in [1.29, 1.82) is 0 Å². The molecular weight excluding hydrogens is 271 g/mol. The Morgan fingerprint density at radius 1 is 1.50 bits per heavy atom. The van der Waals surface area contributed by atoms with Gasteiger partial charge in [0.2, 0.25) is 0 Å². The van der Waals surface area contributed by atoms with Gasteiger partial charge in [-0.2, -0.15) is 0 Å². The standard InChI is InChI=1S/C13H14ClFN2S/c1-8-6-17-13(18-8)9(2)16-7-10-3-4-11(14)12(15)5-10/h3-6,9,16H,7H2,1-2H3. The molecule has 1 aromatic heterocycles. The Morgan fingerprint density at radius 2 is 2.28 bits per heavy atom. The van der Waals surface area contributed by atoms with E-state index < -0.39 is 0 Å². The molecule has 0 aliphatic carbocycles. The summed E-state index contributed by atoms with van der Waals surface area (Å²) in [6.07, 6.45) is 1.86. The van der Waals surface area contributed by atoms with Crippen molar-refractivity contribution < 1.29 is 4.39 Å². The van der Waals surface area contributed by atoms with Crippen LogP contribution < -0.4 is 5.32 Å². The van der Waals surface area contributed by atoms with Gasteiger partial charge in [-0.05, 0) is 31.5 Å². The molecule has 2 aromatic rings. The Morgan fingerprint density at radius 3 is 2.89 bits per heavy atom. The molecule has 96 valence electrons. The van der Waals surface area contributed by atoms with E-state index in [0.717, 1.165) is 10.6 Å². The summed E-state index contributed by atoms with van der Waals surface area (Å²) < 4.78 is 13.3. The van der Waals surface area contributed by atoms with Crippen molar-refractivity contribution in [2.75, 3.05) is 0 Å². The number of hydrogen-bond acceptors (Lipinski definition) is 3. The molecule has 0 fully saturated rings. The molecule has 1 atom stereocenters. The zero-order valence-corrected chi connectivity index (χ0v) is 11.8. The molecule has 0 bridgehead atoms. The van der Waals surface area contributed by atoms with E-state index in [9.17, 15) is 4.39 Å². The van der Waals surface area contributed by atoms with Crippen LogP contribution in [-0.4, -0.2) is 4.98 Å². The minimum Gasteiger partial charge on any atom is -0.304 e. The number of aryl methyl sites for hydroxylation is 1. The highest BCUT2D eigenvalue weighted by Gasteiger charge is 2.09. The van der Waals surface area contributed by atoms with Gasteiger partial charge in [-0.15, -0.1) is 11.3 Å². The normalized spacial score (nSPS) is 12.7. The van der Waals surface area contributed by atoms with E-state index >= 15 is 0 Å². The van der Waals surface area contributed by atoms with Crippen LogP contribution in [0.1, 0.15) is 28.4 Å². The van der Waals surface area contributed by atoms with Crippen molar-refractivity contribution in [1.82, 2.24) is 10.3 Å². The molecule has 0 radical (unpaired) electrons. The first kappa shape index (κ1) is 13.5. The molecule has 2 rings (SSSR count). The minimum atomic E-state index is -0.381. The summed E-state index contributed by atoms with van der Waals surface area (Å²) in [5, 5.41) is 4.51. The quantitative estimate of drug-likeness (QED) is 0.914. The number of thiazole rings is 1.